The van der Waals surface area contributed by atoms with Crippen molar-refractivity contribution in [2.75, 3.05) is 31.9 Å². The van der Waals surface area contributed by atoms with E-state index in [1.165, 1.54) is 30.7 Å². The first kappa shape index (κ1) is 22.4. The zero-order valence-electron chi connectivity index (χ0n) is 14.5. The van der Waals surface area contributed by atoms with Crippen LogP contribution >= 0.6 is 0 Å². The molecule has 0 aliphatic rings. The number of nitrogens with zero attached hydrogens (tertiary/aromatic N) is 1. The van der Waals surface area contributed by atoms with E-state index in [4.69, 9.17) is 0 Å². The van der Waals surface area contributed by atoms with Gasteiger partial charge < -0.3 is 9.04 Å². The fourth-order valence-corrected chi connectivity index (χ4v) is 4.11. The summed E-state index contributed by atoms with van der Waals surface area (Å²) >= 11 is 0. The van der Waals surface area contributed by atoms with E-state index < -0.39 is 18.2 Å². The summed E-state index contributed by atoms with van der Waals surface area (Å²) in [5.74, 6) is -0.197. The third kappa shape index (κ3) is 13.1. The van der Waals surface area contributed by atoms with Crippen molar-refractivity contribution in [1.29, 1.82) is 0 Å². The Bertz CT molecular complexity index is 315. The van der Waals surface area contributed by atoms with Crippen molar-refractivity contribution in [1.82, 2.24) is 0 Å². The molecule has 6 heteroatoms. The van der Waals surface area contributed by atoms with Crippen LogP contribution in [0.2, 0.25) is 25.7 Å². The molecule has 0 aromatic heterocycles. The number of quaternary nitrogens is 1. The Morgan fingerprint density at radius 2 is 1.25 bits per heavy atom. The van der Waals surface area contributed by atoms with Crippen LogP contribution in [0, 0.1) is 0 Å². The van der Waals surface area contributed by atoms with Gasteiger partial charge in [0.1, 0.15) is 0 Å². The van der Waals surface area contributed by atoms with Crippen LogP contribution < -0.4 is 0 Å². The Morgan fingerprint density at radius 3 is 1.40 bits per heavy atom. The molecule has 0 N–H and O–H groups in total. The maximum atomic E-state index is 10.2. The van der Waals surface area contributed by atoms with E-state index in [0.29, 0.717) is 6.42 Å². The SMILES string of the molecule is CC[N+](CC)(CC)CC.C[Si](C)(C)CCCS(=O)(=O)[O-]. The van der Waals surface area contributed by atoms with Crippen LogP contribution in [-0.2, 0) is 10.1 Å². The molecule has 0 atom stereocenters. The fraction of sp³-hybridized carbons (Fsp3) is 1.00. The van der Waals surface area contributed by atoms with Gasteiger partial charge >= 0.3 is 0 Å². The van der Waals surface area contributed by atoms with Gasteiger partial charge in [-0.15, -0.1) is 0 Å². The van der Waals surface area contributed by atoms with Crippen LogP contribution in [0.1, 0.15) is 34.1 Å². The highest BCUT2D eigenvalue weighted by molar-refractivity contribution is 7.85. The number of hydrogen-bond acceptors (Lipinski definition) is 3. The zero-order chi connectivity index (χ0) is 16.4. The van der Waals surface area contributed by atoms with E-state index in [1.54, 1.807) is 0 Å². The summed E-state index contributed by atoms with van der Waals surface area (Å²) in [4.78, 5) is 0. The summed E-state index contributed by atoms with van der Waals surface area (Å²) < 4.78 is 31.8. The van der Waals surface area contributed by atoms with Crippen molar-refractivity contribution in [3.05, 3.63) is 0 Å². The number of hydrogen-bond donors (Lipinski definition) is 0. The highest BCUT2D eigenvalue weighted by Crippen LogP contribution is 2.11. The summed E-state index contributed by atoms with van der Waals surface area (Å²) in [7, 11) is -5.13. The monoisotopic (exact) mass is 325 g/mol. The van der Waals surface area contributed by atoms with E-state index in [1.807, 2.05) is 0 Å². The Morgan fingerprint density at radius 1 is 0.900 bits per heavy atom. The third-order valence-corrected chi connectivity index (χ3v) is 6.65. The maximum Gasteiger partial charge on any atom is 0.0945 e. The quantitative estimate of drug-likeness (QED) is 0.391. The van der Waals surface area contributed by atoms with Crippen LogP contribution in [0.4, 0.5) is 0 Å². The van der Waals surface area contributed by atoms with Gasteiger partial charge in [-0.1, -0.05) is 25.7 Å². The fourth-order valence-electron chi connectivity index (χ4n) is 2.12. The topological polar surface area (TPSA) is 57.2 Å². The summed E-state index contributed by atoms with van der Waals surface area (Å²) in [6.07, 6.45) is 0.529. The first-order valence-electron chi connectivity index (χ1n) is 7.74. The largest absolute Gasteiger partial charge is 0.748 e. The molecule has 0 bridgehead atoms. The Labute approximate surface area is 127 Å². The molecule has 0 rings (SSSR count). The van der Waals surface area contributed by atoms with Crippen LogP contribution in [0.15, 0.2) is 0 Å². The molecule has 20 heavy (non-hydrogen) atoms. The van der Waals surface area contributed by atoms with Gasteiger partial charge in [-0.25, -0.2) is 8.42 Å². The lowest BCUT2D eigenvalue weighted by atomic mass is 10.3. The molecule has 0 spiro atoms. The Balaban J connectivity index is 0. The van der Waals surface area contributed by atoms with Crippen molar-refractivity contribution < 1.29 is 17.5 Å². The van der Waals surface area contributed by atoms with Gasteiger partial charge in [-0.2, -0.15) is 0 Å². The lowest BCUT2D eigenvalue weighted by Crippen LogP contribution is -2.47. The van der Waals surface area contributed by atoms with Crippen LogP contribution in [-0.4, -0.2) is 57.5 Å². The summed E-state index contributed by atoms with van der Waals surface area (Å²) in [5, 5.41) is 0. The van der Waals surface area contributed by atoms with E-state index >= 15 is 0 Å². The predicted molar refractivity (Wildman–Crippen MR) is 89.8 cm³/mol. The second-order valence-corrected chi connectivity index (χ2v) is 13.7. The molecule has 0 fully saturated rings. The lowest BCUT2D eigenvalue weighted by Gasteiger charge is -2.34. The van der Waals surface area contributed by atoms with Gasteiger partial charge in [0.25, 0.3) is 0 Å². The van der Waals surface area contributed by atoms with Gasteiger partial charge in [0.15, 0.2) is 0 Å². The first-order valence-corrected chi connectivity index (χ1v) is 13.0. The number of rotatable bonds is 8. The van der Waals surface area contributed by atoms with Gasteiger partial charge in [-0.05, 0) is 34.1 Å². The van der Waals surface area contributed by atoms with E-state index in [0.717, 1.165) is 6.04 Å². The smallest absolute Gasteiger partial charge is 0.0945 e. The van der Waals surface area contributed by atoms with Crippen molar-refractivity contribution in [2.24, 2.45) is 0 Å². The second kappa shape index (κ2) is 9.92. The molecule has 0 aliphatic heterocycles. The molecule has 0 amide bonds. The minimum absolute atomic E-state index is 0.197. The summed E-state index contributed by atoms with van der Waals surface area (Å²) in [6, 6.07) is 0.911. The molecule has 124 valence electrons. The van der Waals surface area contributed by atoms with E-state index in [2.05, 4.69) is 47.3 Å². The van der Waals surface area contributed by atoms with Crippen LogP contribution in [0.3, 0.4) is 0 Å². The molecule has 0 heterocycles. The molecule has 4 nitrogen and oxygen atoms in total. The average molecular weight is 326 g/mol. The molecule has 0 saturated heterocycles. The minimum atomic E-state index is -3.97. The van der Waals surface area contributed by atoms with Crippen LogP contribution in [0.25, 0.3) is 0 Å². The van der Waals surface area contributed by atoms with E-state index in [9.17, 15) is 13.0 Å². The van der Waals surface area contributed by atoms with Gasteiger partial charge in [0.2, 0.25) is 0 Å². The average Bonchev–Trinajstić information content (AvgIpc) is 2.30. The third-order valence-electron chi connectivity index (χ3n) is 4.00. The molecular weight excluding hydrogens is 290 g/mol. The highest BCUT2D eigenvalue weighted by atomic mass is 32.2. The lowest BCUT2D eigenvalue weighted by molar-refractivity contribution is -0.921. The standard InChI is InChI=1S/C8H20N.C6H16O3SSi/c1-5-9(6-2,7-3)8-4;1-11(2,3)6-4-5-10(7,8)9/h5-8H2,1-4H3;4-6H2,1-3H3,(H,7,8,9)/q+1;/p-1. The van der Waals surface area contributed by atoms with Gasteiger partial charge in [0, 0.05) is 13.8 Å². The van der Waals surface area contributed by atoms with E-state index in [-0.39, 0.29) is 5.75 Å². The molecule has 0 unspecified atom stereocenters. The molecule has 0 aromatic rings. The van der Waals surface area contributed by atoms with Gasteiger partial charge in [-0.3, -0.25) is 0 Å². The Hall–Kier alpha value is 0.0869. The first-order chi connectivity index (χ1) is 8.95. The normalized spacial score (nSPS) is 12.8. The summed E-state index contributed by atoms with van der Waals surface area (Å²) in [5.41, 5.74) is 0. The zero-order valence-corrected chi connectivity index (χ0v) is 16.3. The minimum Gasteiger partial charge on any atom is -0.748 e. The Kier molecular flexibility index (Phi) is 11.1. The summed E-state index contributed by atoms with van der Waals surface area (Å²) in [6.45, 7) is 20.7. The predicted octanol–water partition coefficient (Wildman–Crippen LogP) is 3.14. The molecule has 0 saturated carbocycles. The van der Waals surface area contributed by atoms with Crippen LogP contribution in [0.5, 0.6) is 0 Å². The molecule has 0 aromatic carbocycles. The molecular formula is C14H35NO3SSi. The van der Waals surface area contributed by atoms with Crippen molar-refractivity contribution >= 4 is 18.2 Å². The molecule has 0 radical (unpaired) electrons. The molecule has 0 aliphatic carbocycles. The van der Waals surface area contributed by atoms with Gasteiger partial charge in [0.05, 0.1) is 36.3 Å². The van der Waals surface area contributed by atoms with Crippen molar-refractivity contribution in [3.63, 3.8) is 0 Å². The second-order valence-electron chi connectivity index (χ2n) is 6.53. The van der Waals surface area contributed by atoms with Crippen molar-refractivity contribution in [2.45, 2.75) is 59.8 Å². The maximum absolute atomic E-state index is 10.2. The highest BCUT2D eigenvalue weighted by Gasteiger charge is 2.16. The van der Waals surface area contributed by atoms with Crippen molar-refractivity contribution in [3.8, 4) is 0 Å².